The van der Waals surface area contributed by atoms with Gasteiger partial charge >= 0.3 is 0 Å². The minimum absolute atomic E-state index is 0.0945. The van der Waals surface area contributed by atoms with Crippen LogP contribution >= 0.6 is 0 Å². The number of nitrogens with two attached hydrogens (primary N) is 2. The first-order chi connectivity index (χ1) is 12.1. The lowest BCUT2D eigenvalue weighted by Gasteiger charge is -2.12. The van der Waals surface area contributed by atoms with Crippen molar-refractivity contribution in [2.45, 2.75) is 13.0 Å². The number of amides is 1. The quantitative estimate of drug-likeness (QED) is 0.556. The summed E-state index contributed by atoms with van der Waals surface area (Å²) in [4.78, 5) is 15.8. The standard InChI is InChI=1S/C20H20N4O/c21-20(22)23-19(25)14-24-17(13-15-7-3-1-4-8-15)11-12-18(24)16-9-5-2-6-10-16/h1-12H,13-14H2,(H4,21,22,23,25). The Bertz CT molecular complexity index is 879. The van der Waals surface area contributed by atoms with Crippen LogP contribution in [0.15, 0.2) is 77.8 Å². The van der Waals surface area contributed by atoms with Crippen LogP contribution in [-0.2, 0) is 17.8 Å². The number of carbonyl (C=O) groups excluding carboxylic acids is 1. The average molecular weight is 332 g/mol. The van der Waals surface area contributed by atoms with Gasteiger partial charge in [0.2, 0.25) is 0 Å². The van der Waals surface area contributed by atoms with Crippen molar-refractivity contribution in [2.24, 2.45) is 16.5 Å². The van der Waals surface area contributed by atoms with Gasteiger partial charge in [-0.3, -0.25) is 4.79 Å². The fourth-order valence-electron chi connectivity index (χ4n) is 2.83. The van der Waals surface area contributed by atoms with E-state index >= 15 is 0 Å². The molecule has 3 aromatic rings. The van der Waals surface area contributed by atoms with Gasteiger partial charge in [-0.2, -0.15) is 4.99 Å². The van der Waals surface area contributed by atoms with Gasteiger partial charge in [0, 0.05) is 17.8 Å². The number of carbonyl (C=O) groups is 1. The summed E-state index contributed by atoms with van der Waals surface area (Å²) >= 11 is 0. The van der Waals surface area contributed by atoms with Gasteiger partial charge in [-0.1, -0.05) is 60.7 Å². The summed E-state index contributed by atoms with van der Waals surface area (Å²) in [6, 6.07) is 24.1. The van der Waals surface area contributed by atoms with Crippen molar-refractivity contribution in [2.75, 3.05) is 0 Å². The third-order valence-corrected chi connectivity index (χ3v) is 3.92. The predicted octanol–water partition coefficient (Wildman–Crippen LogP) is 2.55. The molecule has 1 heterocycles. The van der Waals surface area contributed by atoms with Crippen molar-refractivity contribution in [3.8, 4) is 11.3 Å². The molecule has 0 fully saturated rings. The molecule has 0 radical (unpaired) electrons. The summed E-state index contributed by atoms with van der Waals surface area (Å²) in [5.74, 6) is -0.592. The highest BCUT2D eigenvalue weighted by Crippen LogP contribution is 2.24. The monoisotopic (exact) mass is 332 g/mol. The molecule has 0 aliphatic rings. The summed E-state index contributed by atoms with van der Waals surface area (Å²) in [6.07, 6.45) is 0.725. The Morgan fingerprint density at radius 2 is 1.52 bits per heavy atom. The van der Waals surface area contributed by atoms with Gasteiger partial charge in [0.25, 0.3) is 5.91 Å². The molecule has 126 valence electrons. The van der Waals surface area contributed by atoms with Crippen molar-refractivity contribution >= 4 is 11.9 Å². The molecule has 0 spiro atoms. The third-order valence-electron chi connectivity index (χ3n) is 3.92. The molecule has 4 N–H and O–H groups in total. The minimum Gasteiger partial charge on any atom is -0.370 e. The van der Waals surface area contributed by atoms with Crippen molar-refractivity contribution < 1.29 is 4.79 Å². The molecule has 0 saturated carbocycles. The number of hydrogen-bond acceptors (Lipinski definition) is 1. The lowest BCUT2D eigenvalue weighted by Crippen LogP contribution is -2.25. The Hall–Kier alpha value is -3.34. The van der Waals surface area contributed by atoms with Gasteiger partial charge in [0.1, 0.15) is 6.54 Å². The highest BCUT2D eigenvalue weighted by atomic mass is 16.1. The average Bonchev–Trinajstić information content (AvgIpc) is 2.98. The van der Waals surface area contributed by atoms with Crippen molar-refractivity contribution in [1.29, 1.82) is 0 Å². The topological polar surface area (TPSA) is 86.4 Å². The maximum absolute atomic E-state index is 12.1. The van der Waals surface area contributed by atoms with Gasteiger partial charge < -0.3 is 16.0 Å². The molecule has 2 aromatic carbocycles. The van der Waals surface area contributed by atoms with E-state index in [-0.39, 0.29) is 18.4 Å². The van der Waals surface area contributed by atoms with Crippen molar-refractivity contribution in [1.82, 2.24) is 4.57 Å². The molecule has 3 rings (SSSR count). The number of hydrogen-bond donors (Lipinski definition) is 2. The lowest BCUT2D eigenvalue weighted by atomic mass is 10.1. The molecular weight excluding hydrogens is 312 g/mol. The first-order valence-electron chi connectivity index (χ1n) is 8.03. The van der Waals surface area contributed by atoms with Crippen LogP contribution in [0.3, 0.4) is 0 Å². The molecular formula is C20H20N4O. The molecule has 5 heteroatoms. The van der Waals surface area contributed by atoms with Gasteiger partial charge in [-0.15, -0.1) is 0 Å². The largest absolute Gasteiger partial charge is 0.370 e. The van der Waals surface area contributed by atoms with Crippen LogP contribution in [0.2, 0.25) is 0 Å². The molecule has 0 aliphatic carbocycles. The maximum atomic E-state index is 12.1. The van der Waals surface area contributed by atoms with Crippen LogP contribution in [0.1, 0.15) is 11.3 Å². The van der Waals surface area contributed by atoms with Gasteiger partial charge in [0.15, 0.2) is 5.96 Å². The summed E-state index contributed by atoms with van der Waals surface area (Å²) in [5.41, 5.74) is 14.9. The van der Waals surface area contributed by atoms with Gasteiger partial charge in [-0.05, 0) is 23.3 Å². The Labute approximate surface area is 146 Å². The second kappa shape index (κ2) is 7.49. The predicted molar refractivity (Wildman–Crippen MR) is 99.9 cm³/mol. The Morgan fingerprint density at radius 3 is 2.16 bits per heavy atom. The van der Waals surface area contributed by atoms with Crippen LogP contribution in [0.4, 0.5) is 0 Å². The normalized spacial score (nSPS) is 10.4. The van der Waals surface area contributed by atoms with Crippen LogP contribution in [0.25, 0.3) is 11.3 Å². The smallest absolute Gasteiger partial charge is 0.268 e. The fourth-order valence-corrected chi connectivity index (χ4v) is 2.83. The number of guanidine groups is 1. The third kappa shape index (κ3) is 4.14. The summed E-state index contributed by atoms with van der Waals surface area (Å²) in [5, 5.41) is 0. The first kappa shape index (κ1) is 16.5. The number of nitrogens with zero attached hydrogens (tertiary/aromatic N) is 2. The number of benzene rings is 2. The zero-order chi connectivity index (χ0) is 17.6. The van der Waals surface area contributed by atoms with E-state index < -0.39 is 0 Å². The maximum Gasteiger partial charge on any atom is 0.268 e. The molecule has 0 atom stereocenters. The molecule has 0 aliphatic heterocycles. The van der Waals surface area contributed by atoms with E-state index in [9.17, 15) is 4.79 Å². The van der Waals surface area contributed by atoms with E-state index in [4.69, 9.17) is 11.5 Å². The van der Waals surface area contributed by atoms with E-state index in [1.165, 1.54) is 5.56 Å². The van der Waals surface area contributed by atoms with Crippen LogP contribution in [0, 0.1) is 0 Å². The molecule has 0 bridgehead atoms. The van der Waals surface area contributed by atoms with Crippen LogP contribution < -0.4 is 11.5 Å². The summed E-state index contributed by atoms with van der Waals surface area (Å²) in [7, 11) is 0. The molecule has 0 saturated heterocycles. The van der Waals surface area contributed by atoms with E-state index in [2.05, 4.69) is 17.1 Å². The zero-order valence-electron chi connectivity index (χ0n) is 13.8. The fraction of sp³-hybridized carbons (Fsp3) is 0.100. The SMILES string of the molecule is NC(N)=NC(=O)Cn1c(Cc2ccccc2)ccc1-c1ccccc1. The Balaban J connectivity index is 1.99. The molecule has 25 heavy (non-hydrogen) atoms. The number of aromatic nitrogens is 1. The molecule has 0 unspecified atom stereocenters. The van der Waals surface area contributed by atoms with E-state index in [1.54, 1.807) is 0 Å². The van der Waals surface area contributed by atoms with Gasteiger partial charge in [0.05, 0.1) is 0 Å². The first-order valence-corrected chi connectivity index (χ1v) is 8.03. The minimum atomic E-state index is -0.373. The highest BCUT2D eigenvalue weighted by Gasteiger charge is 2.13. The lowest BCUT2D eigenvalue weighted by molar-refractivity contribution is -0.118. The van der Waals surface area contributed by atoms with Gasteiger partial charge in [-0.25, -0.2) is 0 Å². The number of rotatable bonds is 5. The van der Waals surface area contributed by atoms with Crippen LogP contribution in [0.5, 0.6) is 0 Å². The van der Waals surface area contributed by atoms with Crippen molar-refractivity contribution in [3.63, 3.8) is 0 Å². The van der Waals surface area contributed by atoms with E-state index in [0.717, 1.165) is 23.4 Å². The van der Waals surface area contributed by atoms with E-state index in [0.29, 0.717) is 0 Å². The summed E-state index contributed by atoms with van der Waals surface area (Å²) < 4.78 is 1.97. The highest BCUT2D eigenvalue weighted by molar-refractivity contribution is 5.91. The Morgan fingerprint density at radius 1 is 0.880 bits per heavy atom. The molecule has 1 amide bonds. The van der Waals surface area contributed by atoms with Crippen molar-refractivity contribution in [3.05, 3.63) is 84.1 Å². The molecule has 5 nitrogen and oxygen atoms in total. The van der Waals surface area contributed by atoms with E-state index in [1.807, 2.05) is 65.2 Å². The second-order valence-corrected chi connectivity index (χ2v) is 5.75. The second-order valence-electron chi connectivity index (χ2n) is 5.75. The number of aliphatic imine (C=N–C) groups is 1. The van der Waals surface area contributed by atoms with Crippen LogP contribution in [-0.4, -0.2) is 16.4 Å². The Kier molecular flexibility index (Phi) is 4.95. The zero-order valence-corrected chi connectivity index (χ0v) is 13.8. The molecule has 1 aromatic heterocycles. The summed E-state index contributed by atoms with van der Waals surface area (Å²) in [6.45, 7) is 0.0945.